The number of aliphatic hydroxyl groups excluding tert-OH is 1. The van der Waals surface area contributed by atoms with E-state index >= 15 is 0 Å². The molecule has 0 bridgehead atoms. The van der Waals surface area contributed by atoms with Crippen LogP contribution in [-0.4, -0.2) is 66.3 Å². The van der Waals surface area contributed by atoms with Crippen LogP contribution in [-0.2, 0) is 34.0 Å². The molecule has 0 spiro atoms. The Labute approximate surface area is 183 Å². The first-order chi connectivity index (χ1) is 15.2. The minimum atomic E-state index is -0.124. The molecule has 0 radical (unpaired) electrons. The summed E-state index contributed by atoms with van der Waals surface area (Å²) in [6.45, 7) is 4.81. The van der Waals surface area contributed by atoms with E-state index in [9.17, 15) is 9.90 Å². The normalized spacial score (nSPS) is 21.4. The van der Waals surface area contributed by atoms with Crippen LogP contribution in [0, 0.1) is 5.92 Å². The molecule has 0 unspecified atom stereocenters. The lowest BCUT2D eigenvalue weighted by Crippen LogP contribution is -2.42. The monoisotopic (exact) mass is 428 g/mol. The number of hydrogen-bond donors (Lipinski definition) is 1. The van der Waals surface area contributed by atoms with Gasteiger partial charge in [0.15, 0.2) is 0 Å². The summed E-state index contributed by atoms with van der Waals surface area (Å²) >= 11 is 0. The molecule has 7 nitrogen and oxygen atoms in total. The van der Waals surface area contributed by atoms with E-state index < -0.39 is 0 Å². The van der Waals surface area contributed by atoms with Gasteiger partial charge in [-0.25, -0.2) is 0 Å². The van der Waals surface area contributed by atoms with Crippen molar-refractivity contribution in [1.82, 2.24) is 9.80 Å². The second-order valence-corrected chi connectivity index (χ2v) is 8.47. The molecule has 4 rings (SSSR count). The van der Waals surface area contributed by atoms with Crippen molar-refractivity contribution in [2.75, 3.05) is 39.4 Å². The number of carbonyl (C=O) groups is 1. The van der Waals surface area contributed by atoms with Crippen LogP contribution in [0.1, 0.15) is 29.9 Å². The van der Waals surface area contributed by atoms with Gasteiger partial charge in [0, 0.05) is 32.8 Å². The fourth-order valence-electron chi connectivity index (χ4n) is 4.29. The number of rotatable bonds is 8. The largest absolute Gasteiger partial charge is 0.462 e. The second kappa shape index (κ2) is 10.9. The Bertz CT molecular complexity index is 818. The lowest BCUT2D eigenvalue weighted by Gasteiger charge is -2.30. The van der Waals surface area contributed by atoms with Crippen LogP contribution in [0.2, 0.25) is 0 Å². The average molecular weight is 429 g/mol. The van der Waals surface area contributed by atoms with Gasteiger partial charge in [0.1, 0.15) is 18.1 Å². The number of benzene rings is 1. The quantitative estimate of drug-likeness (QED) is 0.696. The topological polar surface area (TPSA) is 75.4 Å². The van der Waals surface area contributed by atoms with Crippen molar-refractivity contribution in [3.8, 4) is 0 Å². The van der Waals surface area contributed by atoms with Gasteiger partial charge in [-0.2, -0.15) is 0 Å². The smallest absolute Gasteiger partial charge is 0.236 e. The van der Waals surface area contributed by atoms with Crippen LogP contribution in [0.4, 0.5) is 0 Å². The molecule has 1 aromatic heterocycles. The van der Waals surface area contributed by atoms with Gasteiger partial charge in [-0.1, -0.05) is 30.3 Å². The van der Waals surface area contributed by atoms with E-state index in [1.165, 1.54) is 0 Å². The maximum absolute atomic E-state index is 13.1. The minimum Gasteiger partial charge on any atom is -0.462 e. The van der Waals surface area contributed by atoms with Crippen molar-refractivity contribution in [2.45, 2.75) is 38.7 Å². The first-order valence-corrected chi connectivity index (χ1v) is 11.1. The third kappa shape index (κ3) is 6.40. The Kier molecular flexibility index (Phi) is 7.75. The van der Waals surface area contributed by atoms with Crippen molar-refractivity contribution in [1.29, 1.82) is 0 Å². The molecule has 31 heavy (non-hydrogen) atoms. The standard InChI is InChI=1S/C24H32N2O5/c27-17-22-7-6-21(31-22)13-25-14-23(30-18-20-4-2-1-3-5-20)15-26(24(28)16-25)12-19-8-10-29-11-9-19/h1-7,19,23,27H,8-18H2/t23-/m1/s1. The van der Waals surface area contributed by atoms with Crippen molar-refractivity contribution in [3.05, 3.63) is 59.5 Å². The number of hydrogen-bond acceptors (Lipinski definition) is 6. The summed E-state index contributed by atoms with van der Waals surface area (Å²) in [5, 5.41) is 9.26. The lowest BCUT2D eigenvalue weighted by molar-refractivity contribution is -0.133. The first kappa shape index (κ1) is 22.0. The van der Waals surface area contributed by atoms with Gasteiger partial charge in [-0.15, -0.1) is 0 Å². The Morgan fingerprint density at radius 3 is 2.55 bits per heavy atom. The Balaban J connectivity index is 1.43. The summed E-state index contributed by atoms with van der Waals surface area (Å²) in [4.78, 5) is 17.2. The molecule has 3 heterocycles. The molecular formula is C24H32N2O5. The third-order valence-electron chi connectivity index (χ3n) is 6.00. The van der Waals surface area contributed by atoms with E-state index in [0.717, 1.165) is 43.9 Å². The Hall–Kier alpha value is -2.19. The predicted octanol–water partition coefficient (Wildman–Crippen LogP) is 2.43. The van der Waals surface area contributed by atoms with Gasteiger partial charge in [-0.05, 0) is 36.5 Å². The summed E-state index contributed by atoms with van der Waals surface area (Å²) in [5.74, 6) is 1.90. The van der Waals surface area contributed by atoms with Crippen LogP contribution >= 0.6 is 0 Å². The molecule has 2 aliphatic rings. The molecule has 2 aliphatic heterocycles. The van der Waals surface area contributed by atoms with Crippen LogP contribution in [0.15, 0.2) is 46.9 Å². The lowest BCUT2D eigenvalue weighted by atomic mass is 9.99. The van der Waals surface area contributed by atoms with Crippen LogP contribution in [0.25, 0.3) is 0 Å². The van der Waals surface area contributed by atoms with Crippen molar-refractivity contribution in [3.63, 3.8) is 0 Å². The molecule has 1 N–H and O–H groups in total. The SMILES string of the molecule is O=C1CN(Cc2ccc(CO)o2)C[C@@H](OCc2ccccc2)CN1CC1CCOCC1. The molecule has 1 amide bonds. The third-order valence-corrected chi connectivity index (χ3v) is 6.00. The zero-order chi connectivity index (χ0) is 21.5. The van der Waals surface area contributed by atoms with Gasteiger partial charge in [0.25, 0.3) is 0 Å². The number of carbonyl (C=O) groups excluding carboxylic acids is 1. The summed E-state index contributed by atoms with van der Waals surface area (Å²) in [6, 6.07) is 13.8. The highest BCUT2D eigenvalue weighted by molar-refractivity contribution is 5.78. The molecule has 2 saturated heterocycles. The Morgan fingerprint density at radius 1 is 1.03 bits per heavy atom. The van der Waals surface area contributed by atoms with Crippen molar-refractivity contribution >= 4 is 5.91 Å². The highest BCUT2D eigenvalue weighted by Gasteiger charge is 2.30. The Morgan fingerprint density at radius 2 is 1.81 bits per heavy atom. The number of nitrogens with zero attached hydrogens (tertiary/aromatic N) is 2. The molecular weight excluding hydrogens is 396 g/mol. The van der Waals surface area contributed by atoms with Crippen molar-refractivity contribution in [2.24, 2.45) is 5.92 Å². The molecule has 7 heteroatoms. The molecule has 2 aromatic rings. The van der Waals surface area contributed by atoms with E-state index in [1.807, 2.05) is 29.2 Å². The average Bonchev–Trinajstić information content (AvgIpc) is 3.19. The predicted molar refractivity (Wildman–Crippen MR) is 115 cm³/mol. The summed E-state index contributed by atoms with van der Waals surface area (Å²) in [7, 11) is 0. The number of furan rings is 1. The van der Waals surface area contributed by atoms with Gasteiger partial charge in [0.05, 0.1) is 25.8 Å². The number of aliphatic hydroxyl groups is 1. The van der Waals surface area contributed by atoms with E-state index in [1.54, 1.807) is 6.07 Å². The first-order valence-electron chi connectivity index (χ1n) is 11.1. The molecule has 168 valence electrons. The van der Waals surface area contributed by atoms with E-state index in [-0.39, 0.29) is 18.6 Å². The fraction of sp³-hybridized carbons (Fsp3) is 0.542. The van der Waals surface area contributed by atoms with Gasteiger partial charge in [0.2, 0.25) is 5.91 Å². The summed E-state index contributed by atoms with van der Waals surface area (Å²) < 4.78 is 17.4. The molecule has 1 atom stereocenters. The maximum Gasteiger partial charge on any atom is 0.236 e. The van der Waals surface area contributed by atoms with Crippen LogP contribution < -0.4 is 0 Å². The van der Waals surface area contributed by atoms with Gasteiger partial charge in [-0.3, -0.25) is 9.69 Å². The maximum atomic E-state index is 13.1. The second-order valence-electron chi connectivity index (χ2n) is 8.47. The van der Waals surface area contributed by atoms with Gasteiger partial charge < -0.3 is 23.9 Å². The van der Waals surface area contributed by atoms with E-state index in [2.05, 4.69) is 17.0 Å². The minimum absolute atomic E-state index is 0.0845. The highest BCUT2D eigenvalue weighted by atomic mass is 16.5. The van der Waals surface area contributed by atoms with Crippen LogP contribution in [0.3, 0.4) is 0 Å². The number of ether oxygens (including phenoxy) is 2. The molecule has 2 fully saturated rings. The number of amides is 1. The molecule has 0 saturated carbocycles. The van der Waals surface area contributed by atoms with Crippen molar-refractivity contribution < 1.29 is 23.8 Å². The summed E-state index contributed by atoms with van der Waals surface area (Å²) in [6.07, 6.45) is 1.91. The fourth-order valence-corrected chi connectivity index (χ4v) is 4.29. The molecule has 1 aromatic carbocycles. The van der Waals surface area contributed by atoms with E-state index in [4.69, 9.17) is 13.9 Å². The van der Waals surface area contributed by atoms with Gasteiger partial charge >= 0.3 is 0 Å². The molecule has 0 aliphatic carbocycles. The summed E-state index contributed by atoms with van der Waals surface area (Å²) in [5.41, 5.74) is 1.12. The highest BCUT2D eigenvalue weighted by Crippen LogP contribution is 2.20. The zero-order valence-corrected chi connectivity index (χ0v) is 17.9. The van der Waals surface area contributed by atoms with Crippen LogP contribution in [0.5, 0.6) is 0 Å². The van der Waals surface area contributed by atoms with E-state index in [0.29, 0.717) is 44.5 Å². The zero-order valence-electron chi connectivity index (χ0n) is 17.9.